The zero-order valence-corrected chi connectivity index (χ0v) is 15.9. The molecule has 7 nitrogen and oxygen atoms in total. The number of amides is 3. The molecule has 1 aromatic carbocycles. The first kappa shape index (κ1) is 19.2. The van der Waals surface area contributed by atoms with Gasteiger partial charge in [0.15, 0.2) is 0 Å². The molecule has 0 aromatic heterocycles. The average molecular weight is 373 g/mol. The smallest absolute Gasteiger partial charge is 0.243 e. The van der Waals surface area contributed by atoms with Crippen LogP contribution in [0.1, 0.15) is 32.1 Å². The first-order chi connectivity index (χ1) is 13.0. The fourth-order valence-electron chi connectivity index (χ4n) is 3.97. The van der Waals surface area contributed by atoms with Gasteiger partial charge in [-0.3, -0.25) is 14.4 Å². The maximum atomic E-state index is 12.7. The van der Waals surface area contributed by atoms with Gasteiger partial charge >= 0.3 is 0 Å². The van der Waals surface area contributed by atoms with E-state index in [9.17, 15) is 14.4 Å². The molecule has 3 rings (SSSR count). The fourth-order valence-corrected chi connectivity index (χ4v) is 3.97. The number of ether oxygens (including phenoxy) is 1. The van der Waals surface area contributed by atoms with Gasteiger partial charge in [0.1, 0.15) is 5.75 Å². The Kier molecular flexibility index (Phi) is 5.98. The molecule has 1 atom stereocenters. The summed E-state index contributed by atoms with van der Waals surface area (Å²) in [5, 5.41) is 2.77. The number of methoxy groups -OCH3 is 1. The fraction of sp³-hybridized carbons (Fsp3) is 0.550. The lowest BCUT2D eigenvalue weighted by Gasteiger charge is -2.25. The number of carbonyl (C=O) groups is 3. The maximum absolute atomic E-state index is 12.7. The summed E-state index contributed by atoms with van der Waals surface area (Å²) in [7, 11) is 3.17. The van der Waals surface area contributed by atoms with E-state index in [2.05, 4.69) is 5.32 Å². The summed E-state index contributed by atoms with van der Waals surface area (Å²) >= 11 is 0. The van der Waals surface area contributed by atoms with Gasteiger partial charge in [-0.2, -0.15) is 0 Å². The van der Waals surface area contributed by atoms with Crippen molar-refractivity contribution < 1.29 is 19.1 Å². The van der Waals surface area contributed by atoms with E-state index in [-0.39, 0.29) is 42.6 Å². The monoisotopic (exact) mass is 373 g/mol. The summed E-state index contributed by atoms with van der Waals surface area (Å²) in [5.74, 6) is -0.0726. The van der Waals surface area contributed by atoms with Gasteiger partial charge < -0.3 is 19.9 Å². The van der Waals surface area contributed by atoms with E-state index in [4.69, 9.17) is 4.74 Å². The number of nitrogens with zero attached hydrogens (tertiary/aromatic N) is 2. The largest absolute Gasteiger partial charge is 0.497 e. The predicted octanol–water partition coefficient (Wildman–Crippen LogP) is 1.88. The minimum Gasteiger partial charge on any atom is -0.497 e. The van der Waals surface area contributed by atoms with Crippen LogP contribution in [-0.2, 0) is 14.4 Å². The third-order valence-electron chi connectivity index (χ3n) is 5.38. The Bertz CT molecular complexity index is 715. The Hall–Kier alpha value is -2.57. The highest BCUT2D eigenvalue weighted by Gasteiger charge is 2.39. The molecular formula is C20H27N3O4. The standard InChI is InChI=1S/C20H27N3O4/c1-22(13-18(24)21-15-6-5-9-17(11-15)27-2)20(26)14-10-19(25)23(12-14)16-7-3-4-8-16/h5-6,9,11,14,16H,3-4,7-8,10,12-13H2,1-2H3,(H,21,24). The third kappa shape index (κ3) is 4.59. The Morgan fingerprint density at radius 2 is 2.04 bits per heavy atom. The average Bonchev–Trinajstić information content (AvgIpc) is 3.30. The normalized spacial score (nSPS) is 20.0. The van der Waals surface area contributed by atoms with Crippen LogP contribution in [0.15, 0.2) is 24.3 Å². The predicted molar refractivity (Wildman–Crippen MR) is 101 cm³/mol. The zero-order chi connectivity index (χ0) is 19.4. The molecule has 1 unspecified atom stereocenters. The van der Waals surface area contributed by atoms with Gasteiger partial charge in [0.25, 0.3) is 0 Å². The molecule has 0 radical (unpaired) electrons. The second-order valence-electron chi connectivity index (χ2n) is 7.36. The Balaban J connectivity index is 1.52. The lowest BCUT2D eigenvalue weighted by atomic mass is 10.1. The van der Waals surface area contributed by atoms with E-state index in [1.54, 1.807) is 38.4 Å². The highest BCUT2D eigenvalue weighted by Crippen LogP contribution is 2.30. The molecule has 1 saturated heterocycles. The molecule has 1 aliphatic heterocycles. The topological polar surface area (TPSA) is 79.0 Å². The number of likely N-dealkylation sites (tertiary alicyclic amines) is 1. The molecule has 3 amide bonds. The molecule has 2 aliphatic rings. The number of benzene rings is 1. The van der Waals surface area contributed by atoms with Gasteiger partial charge in [-0.15, -0.1) is 0 Å². The lowest BCUT2D eigenvalue weighted by molar-refractivity contribution is -0.137. The van der Waals surface area contributed by atoms with E-state index in [1.165, 1.54) is 4.90 Å². The minimum absolute atomic E-state index is 0.0514. The Morgan fingerprint density at radius 1 is 1.30 bits per heavy atom. The van der Waals surface area contributed by atoms with E-state index in [1.807, 2.05) is 4.90 Å². The number of carbonyl (C=O) groups excluding carboxylic acids is 3. The quantitative estimate of drug-likeness (QED) is 0.826. The van der Waals surface area contributed by atoms with Crippen LogP contribution in [0.4, 0.5) is 5.69 Å². The molecule has 27 heavy (non-hydrogen) atoms. The molecule has 2 fully saturated rings. The number of hydrogen-bond acceptors (Lipinski definition) is 4. The van der Waals surface area contributed by atoms with E-state index in [0.717, 1.165) is 25.7 Å². The first-order valence-corrected chi connectivity index (χ1v) is 9.46. The van der Waals surface area contributed by atoms with Crippen molar-refractivity contribution in [3.05, 3.63) is 24.3 Å². The highest BCUT2D eigenvalue weighted by atomic mass is 16.5. The molecule has 7 heteroatoms. The Morgan fingerprint density at radius 3 is 2.74 bits per heavy atom. The SMILES string of the molecule is COc1cccc(NC(=O)CN(C)C(=O)C2CC(=O)N(C3CCCC3)C2)c1. The van der Waals surface area contributed by atoms with Crippen LogP contribution in [0, 0.1) is 5.92 Å². The zero-order valence-electron chi connectivity index (χ0n) is 15.9. The Labute approximate surface area is 159 Å². The maximum Gasteiger partial charge on any atom is 0.243 e. The van der Waals surface area contributed by atoms with E-state index < -0.39 is 0 Å². The minimum atomic E-state index is -0.354. The van der Waals surface area contributed by atoms with Crippen molar-refractivity contribution in [1.29, 1.82) is 0 Å². The van der Waals surface area contributed by atoms with Crippen LogP contribution < -0.4 is 10.1 Å². The molecule has 1 aromatic rings. The summed E-state index contributed by atoms with van der Waals surface area (Å²) < 4.78 is 5.13. The number of rotatable bonds is 6. The van der Waals surface area contributed by atoms with Crippen molar-refractivity contribution >= 4 is 23.4 Å². The summed E-state index contributed by atoms with van der Waals surface area (Å²) in [6.07, 6.45) is 4.61. The highest BCUT2D eigenvalue weighted by molar-refractivity contribution is 5.96. The van der Waals surface area contributed by atoms with Crippen LogP contribution in [0.25, 0.3) is 0 Å². The van der Waals surface area contributed by atoms with Crippen LogP contribution in [0.2, 0.25) is 0 Å². The van der Waals surface area contributed by atoms with Gasteiger partial charge in [0, 0.05) is 37.8 Å². The van der Waals surface area contributed by atoms with Crippen molar-refractivity contribution in [2.24, 2.45) is 5.92 Å². The van der Waals surface area contributed by atoms with E-state index in [0.29, 0.717) is 18.0 Å². The molecule has 146 valence electrons. The number of nitrogens with one attached hydrogen (secondary N) is 1. The lowest BCUT2D eigenvalue weighted by Crippen LogP contribution is -2.40. The second kappa shape index (κ2) is 8.41. The molecule has 0 bridgehead atoms. The first-order valence-electron chi connectivity index (χ1n) is 9.46. The molecule has 0 spiro atoms. The third-order valence-corrected chi connectivity index (χ3v) is 5.38. The van der Waals surface area contributed by atoms with Crippen LogP contribution in [-0.4, -0.2) is 60.8 Å². The van der Waals surface area contributed by atoms with Gasteiger partial charge in [0.05, 0.1) is 19.6 Å². The number of anilines is 1. The van der Waals surface area contributed by atoms with Crippen molar-refractivity contribution in [3.8, 4) is 5.75 Å². The molecule has 1 heterocycles. The molecule has 1 N–H and O–H groups in total. The molecule has 1 saturated carbocycles. The molecular weight excluding hydrogens is 346 g/mol. The van der Waals surface area contributed by atoms with Gasteiger partial charge in [-0.25, -0.2) is 0 Å². The summed E-state index contributed by atoms with van der Waals surface area (Å²) in [5.41, 5.74) is 0.614. The van der Waals surface area contributed by atoms with Crippen LogP contribution >= 0.6 is 0 Å². The number of likely N-dealkylation sites (N-methyl/N-ethyl adjacent to an activating group) is 1. The molecule has 1 aliphatic carbocycles. The summed E-state index contributed by atoms with van der Waals surface area (Å²) in [6.45, 7) is 0.425. The van der Waals surface area contributed by atoms with Crippen LogP contribution in [0.5, 0.6) is 5.75 Å². The summed E-state index contributed by atoms with van der Waals surface area (Å²) in [6, 6.07) is 7.34. The van der Waals surface area contributed by atoms with Gasteiger partial charge in [-0.1, -0.05) is 18.9 Å². The number of hydrogen-bond donors (Lipinski definition) is 1. The van der Waals surface area contributed by atoms with Crippen LogP contribution in [0.3, 0.4) is 0 Å². The van der Waals surface area contributed by atoms with Crippen molar-refractivity contribution in [2.45, 2.75) is 38.1 Å². The second-order valence-corrected chi connectivity index (χ2v) is 7.36. The van der Waals surface area contributed by atoms with Gasteiger partial charge in [0.2, 0.25) is 17.7 Å². The van der Waals surface area contributed by atoms with Crippen molar-refractivity contribution in [1.82, 2.24) is 9.80 Å². The van der Waals surface area contributed by atoms with Crippen molar-refractivity contribution in [2.75, 3.05) is 32.6 Å². The van der Waals surface area contributed by atoms with Gasteiger partial charge in [-0.05, 0) is 25.0 Å². The van der Waals surface area contributed by atoms with Crippen molar-refractivity contribution in [3.63, 3.8) is 0 Å². The van der Waals surface area contributed by atoms with E-state index >= 15 is 0 Å². The summed E-state index contributed by atoms with van der Waals surface area (Å²) in [4.78, 5) is 40.5.